The van der Waals surface area contributed by atoms with Crippen LogP contribution in [0.4, 0.5) is 0 Å². The molecule has 0 aromatic rings. The second kappa shape index (κ2) is 4.60. The van der Waals surface area contributed by atoms with Crippen molar-refractivity contribution in [1.82, 2.24) is 4.90 Å². The topological polar surface area (TPSA) is 46.3 Å². The van der Waals surface area contributed by atoms with Crippen molar-refractivity contribution >= 4 is 5.91 Å². The van der Waals surface area contributed by atoms with E-state index >= 15 is 0 Å². The van der Waals surface area contributed by atoms with E-state index < -0.39 is 0 Å². The Balaban J connectivity index is 1.95. The SMILES string of the molecule is CCC1(C)CCN(C(=O)C2(CN)CCC2)CC1. The molecular weight excluding hydrogens is 212 g/mol. The van der Waals surface area contributed by atoms with Crippen LogP contribution in [0.5, 0.6) is 0 Å². The van der Waals surface area contributed by atoms with Crippen LogP contribution in [0.1, 0.15) is 52.4 Å². The van der Waals surface area contributed by atoms with Crippen LogP contribution in [0, 0.1) is 10.8 Å². The Morgan fingerprint density at radius 2 is 1.82 bits per heavy atom. The molecule has 3 nitrogen and oxygen atoms in total. The lowest BCUT2D eigenvalue weighted by atomic mass is 9.67. The number of nitrogens with two attached hydrogens (primary N) is 1. The first-order chi connectivity index (χ1) is 8.05. The van der Waals surface area contributed by atoms with E-state index in [1.165, 1.54) is 12.8 Å². The number of carbonyl (C=O) groups is 1. The fourth-order valence-electron chi connectivity index (χ4n) is 3.05. The Kier molecular flexibility index (Phi) is 3.48. The van der Waals surface area contributed by atoms with Crippen LogP contribution in [0.25, 0.3) is 0 Å². The minimum atomic E-state index is -0.181. The molecule has 0 bridgehead atoms. The van der Waals surface area contributed by atoms with Crippen molar-refractivity contribution in [2.45, 2.75) is 52.4 Å². The van der Waals surface area contributed by atoms with E-state index in [0.717, 1.165) is 38.8 Å². The predicted octanol–water partition coefficient (Wildman–Crippen LogP) is 2.15. The summed E-state index contributed by atoms with van der Waals surface area (Å²) >= 11 is 0. The van der Waals surface area contributed by atoms with Gasteiger partial charge < -0.3 is 10.6 Å². The number of hydrogen-bond acceptors (Lipinski definition) is 2. The summed E-state index contributed by atoms with van der Waals surface area (Å²) < 4.78 is 0. The van der Waals surface area contributed by atoms with Gasteiger partial charge in [0.15, 0.2) is 0 Å². The van der Waals surface area contributed by atoms with Crippen LogP contribution in [0.15, 0.2) is 0 Å². The van der Waals surface area contributed by atoms with Crippen molar-refractivity contribution < 1.29 is 4.79 Å². The maximum absolute atomic E-state index is 12.5. The van der Waals surface area contributed by atoms with E-state index in [-0.39, 0.29) is 5.41 Å². The van der Waals surface area contributed by atoms with Crippen molar-refractivity contribution in [3.63, 3.8) is 0 Å². The fraction of sp³-hybridized carbons (Fsp3) is 0.929. The van der Waals surface area contributed by atoms with Gasteiger partial charge in [-0.25, -0.2) is 0 Å². The summed E-state index contributed by atoms with van der Waals surface area (Å²) in [4.78, 5) is 14.6. The first-order valence-corrected chi connectivity index (χ1v) is 7.05. The number of likely N-dealkylation sites (tertiary alicyclic amines) is 1. The van der Waals surface area contributed by atoms with Crippen LogP contribution in [-0.4, -0.2) is 30.4 Å². The van der Waals surface area contributed by atoms with Gasteiger partial charge in [0.25, 0.3) is 0 Å². The number of rotatable bonds is 3. The molecule has 2 N–H and O–H groups in total. The zero-order valence-corrected chi connectivity index (χ0v) is 11.3. The first-order valence-electron chi connectivity index (χ1n) is 7.05. The summed E-state index contributed by atoms with van der Waals surface area (Å²) in [5, 5.41) is 0. The Bertz CT molecular complexity index is 283. The van der Waals surface area contributed by atoms with E-state index in [2.05, 4.69) is 18.7 Å². The highest BCUT2D eigenvalue weighted by molar-refractivity contribution is 5.84. The summed E-state index contributed by atoms with van der Waals surface area (Å²) in [6, 6.07) is 0. The lowest BCUT2D eigenvalue weighted by molar-refractivity contribution is -0.149. The minimum Gasteiger partial charge on any atom is -0.342 e. The quantitative estimate of drug-likeness (QED) is 0.819. The molecule has 98 valence electrons. The second-order valence-corrected chi connectivity index (χ2v) is 6.29. The van der Waals surface area contributed by atoms with E-state index in [1.54, 1.807) is 0 Å². The van der Waals surface area contributed by atoms with Crippen LogP contribution in [0.3, 0.4) is 0 Å². The summed E-state index contributed by atoms with van der Waals surface area (Å²) in [5.41, 5.74) is 6.08. The van der Waals surface area contributed by atoms with Crippen molar-refractivity contribution in [2.75, 3.05) is 19.6 Å². The highest BCUT2D eigenvalue weighted by Gasteiger charge is 2.46. The van der Waals surface area contributed by atoms with Gasteiger partial charge in [-0.2, -0.15) is 0 Å². The third-order valence-electron chi connectivity index (χ3n) is 5.27. The summed E-state index contributed by atoms with van der Waals surface area (Å²) in [6.07, 6.45) is 6.69. The molecule has 2 fully saturated rings. The third kappa shape index (κ3) is 2.22. The van der Waals surface area contributed by atoms with Crippen LogP contribution >= 0.6 is 0 Å². The van der Waals surface area contributed by atoms with Crippen LogP contribution in [-0.2, 0) is 4.79 Å². The lowest BCUT2D eigenvalue weighted by Gasteiger charge is -2.46. The van der Waals surface area contributed by atoms with Crippen molar-refractivity contribution in [2.24, 2.45) is 16.6 Å². The molecule has 1 amide bonds. The molecule has 1 saturated heterocycles. The molecule has 17 heavy (non-hydrogen) atoms. The Labute approximate surface area is 105 Å². The smallest absolute Gasteiger partial charge is 0.230 e. The first kappa shape index (κ1) is 12.9. The van der Waals surface area contributed by atoms with Crippen LogP contribution < -0.4 is 5.73 Å². The van der Waals surface area contributed by atoms with Crippen LogP contribution in [0.2, 0.25) is 0 Å². The molecule has 3 heteroatoms. The van der Waals surface area contributed by atoms with Gasteiger partial charge in [0, 0.05) is 19.6 Å². The highest BCUT2D eigenvalue weighted by atomic mass is 16.2. The highest BCUT2D eigenvalue weighted by Crippen LogP contribution is 2.43. The lowest BCUT2D eigenvalue weighted by Crippen LogP contribution is -2.54. The minimum absolute atomic E-state index is 0.181. The van der Waals surface area contributed by atoms with Crippen molar-refractivity contribution in [1.29, 1.82) is 0 Å². The van der Waals surface area contributed by atoms with Gasteiger partial charge in [0.2, 0.25) is 5.91 Å². The number of carbonyl (C=O) groups excluding carboxylic acids is 1. The Hall–Kier alpha value is -0.570. The van der Waals surface area contributed by atoms with Crippen molar-refractivity contribution in [3.05, 3.63) is 0 Å². The average Bonchev–Trinajstić information content (AvgIpc) is 2.29. The summed E-state index contributed by atoms with van der Waals surface area (Å²) in [7, 11) is 0. The zero-order chi connectivity index (χ0) is 12.5. The maximum Gasteiger partial charge on any atom is 0.230 e. The largest absolute Gasteiger partial charge is 0.342 e. The standard InChI is InChI=1S/C14H26N2O/c1-3-13(2)7-9-16(10-8-13)12(17)14(11-15)5-4-6-14/h3-11,15H2,1-2H3. The molecule has 0 aromatic carbocycles. The van der Waals surface area contributed by atoms with Gasteiger partial charge in [-0.15, -0.1) is 0 Å². The van der Waals surface area contributed by atoms with Gasteiger partial charge in [-0.05, 0) is 31.1 Å². The number of hydrogen-bond donors (Lipinski definition) is 1. The normalized spacial score (nSPS) is 26.4. The van der Waals surface area contributed by atoms with Gasteiger partial charge in [-0.1, -0.05) is 26.7 Å². The van der Waals surface area contributed by atoms with Gasteiger partial charge in [-0.3, -0.25) is 4.79 Å². The number of nitrogens with zero attached hydrogens (tertiary/aromatic N) is 1. The van der Waals surface area contributed by atoms with Gasteiger partial charge in [0.1, 0.15) is 0 Å². The van der Waals surface area contributed by atoms with Gasteiger partial charge in [0.05, 0.1) is 5.41 Å². The number of amides is 1. The third-order valence-corrected chi connectivity index (χ3v) is 5.27. The molecule has 0 atom stereocenters. The van der Waals surface area contributed by atoms with Gasteiger partial charge >= 0.3 is 0 Å². The molecule has 1 aliphatic heterocycles. The molecule has 2 aliphatic rings. The molecule has 0 radical (unpaired) electrons. The number of piperidine rings is 1. The zero-order valence-electron chi connectivity index (χ0n) is 11.3. The van der Waals surface area contributed by atoms with Crippen molar-refractivity contribution in [3.8, 4) is 0 Å². The molecule has 0 aromatic heterocycles. The summed E-state index contributed by atoms with van der Waals surface area (Å²) in [6.45, 7) is 7.00. The average molecular weight is 238 g/mol. The van der Waals surface area contributed by atoms with E-state index in [4.69, 9.17) is 5.73 Å². The monoisotopic (exact) mass is 238 g/mol. The maximum atomic E-state index is 12.5. The Morgan fingerprint density at radius 1 is 1.24 bits per heavy atom. The van der Waals surface area contributed by atoms with E-state index in [9.17, 15) is 4.79 Å². The second-order valence-electron chi connectivity index (χ2n) is 6.29. The fourth-order valence-corrected chi connectivity index (χ4v) is 3.05. The van der Waals surface area contributed by atoms with E-state index in [0.29, 0.717) is 17.9 Å². The molecule has 0 unspecified atom stereocenters. The molecule has 1 saturated carbocycles. The Morgan fingerprint density at radius 3 is 2.18 bits per heavy atom. The molecular formula is C14H26N2O. The summed E-state index contributed by atoms with van der Waals surface area (Å²) in [5.74, 6) is 0.337. The predicted molar refractivity (Wildman–Crippen MR) is 69.6 cm³/mol. The molecule has 0 spiro atoms. The van der Waals surface area contributed by atoms with E-state index in [1.807, 2.05) is 0 Å². The molecule has 1 aliphatic carbocycles. The molecule has 1 heterocycles. The molecule has 2 rings (SSSR count).